The molecule has 3 heteroatoms. The van der Waals surface area contributed by atoms with Crippen LogP contribution >= 0.6 is 0 Å². The first-order chi connectivity index (χ1) is 9.04. The fourth-order valence-corrected chi connectivity index (χ4v) is 3.29. The summed E-state index contributed by atoms with van der Waals surface area (Å²) in [4.78, 5) is 11.1. The average molecular weight is 260 g/mol. The Morgan fingerprint density at radius 1 is 1.21 bits per heavy atom. The van der Waals surface area contributed by atoms with E-state index in [1.165, 1.54) is 19.3 Å². The van der Waals surface area contributed by atoms with Crippen LogP contribution in [0.5, 0.6) is 0 Å². The van der Waals surface area contributed by atoms with Gasteiger partial charge in [0.2, 0.25) is 5.91 Å². The second kappa shape index (κ2) is 6.09. The number of nitrogens with one attached hydrogen (secondary N) is 1. The Labute approximate surface area is 115 Å². The number of hydrogen-bond donors (Lipinski definition) is 2. The summed E-state index contributed by atoms with van der Waals surface area (Å²) < 4.78 is 0. The molecule has 1 aliphatic carbocycles. The summed E-state index contributed by atoms with van der Waals surface area (Å²) in [5.41, 5.74) is 7.37. The van der Waals surface area contributed by atoms with Crippen molar-refractivity contribution in [2.45, 2.75) is 45.6 Å². The predicted octanol–water partition coefficient (Wildman–Crippen LogP) is 2.95. The number of benzene rings is 1. The third-order valence-electron chi connectivity index (χ3n) is 3.92. The fourth-order valence-electron chi connectivity index (χ4n) is 3.29. The first kappa shape index (κ1) is 13.9. The molecule has 104 valence electrons. The van der Waals surface area contributed by atoms with Crippen LogP contribution in [0.4, 0.5) is 5.69 Å². The van der Waals surface area contributed by atoms with Crippen LogP contribution in [-0.2, 0) is 11.2 Å². The maximum absolute atomic E-state index is 11.1. The van der Waals surface area contributed by atoms with Crippen molar-refractivity contribution in [1.29, 1.82) is 0 Å². The minimum atomic E-state index is -0.278. The molecule has 0 heterocycles. The van der Waals surface area contributed by atoms with Crippen molar-refractivity contribution in [3.8, 4) is 0 Å². The first-order valence-electron chi connectivity index (χ1n) is 7.17. The molecule has 0 spiro atoms. The monoisotopic (exact) mass is 260 g/mol. The number of anilines is 1. The van der Waals surface area contributed by atoms with Gasteiger partial charge in [-0.3, -0.25) is 4.79 Å². The zero-order valence-electron chi connectivity index (χ0n) is 11.9. The lowest BCUT2D eigenvalue weighted by molar-refractivity contribution is -0.117. The smallest absolute Gasteiger partial charge is 0.221 e. The van der Waals surface area contributed by atoms with Gasteiger partial charge in [-0.15, -0.1) is 0 Å². The van der Waals surface area contributed by atoms with E-state index in [-0.39, 0.29) is 5.91 Å². The number of amides is 1. The summed E-state index contributed by atoms with van der Waals surface area (Å²) >= 11 is 0. The van der Waals surface area contributed by atoms with Gasteiger partial charge in [-0.2, -0.15) is 0 Å². The van der Waals surface area contributed by atoms with Crippen LogP contribution in [0, 0.1) is 11.8 Å². The quantitative estimate of drug-likeness (QED) is 0.874. The summed E-state index contributed by atoms with van der Waals surface area (Å²) in [6, 6.07) is 8.48. The molecule has 0 aromatic heterocycles. The Kier molecular flexibility index (Phi) is 4.46. The van der Waals surface area contributed by atoms with Crippen molar-refractivity contribution in [3.05, 3.63) is 29.8 Å². The number of hydrogen-bond acceptors (Lipinski definition) is 2. The van der Waals surface area contributed by atoms with Gasteiger partial charge in [0, 0.05) is 11.7 Å². The van der Waals surface area contributed by atoms with Crippen molar-refractivity contribution in [2.75, 3.05) is 5.32 Å². The lowest BCUT2D eigenvalue weighted by Gasteiger charge is -2.33. The highest BCUT2D eigenvalue weighted by atomic mass is 16.1. The van der Waals surface area contributed by atoms with Crippen LogP contribution in [0.2, 0.25) is 0 Å². The van der Waals surface area contributed by atoms with E-state index < -0.39 is 0 Å². The van der Waals surface area contributed by atoms with Crippen molar-refractivity contribution < 1.29 is 4.79 Å². The number of primary amides is 1. The third kappa shape index (κ3) is 3.98. The zero-order valence-corrected chi connectivity index (χ0v) is 11.9. The highest BCUT2D eigenvalue weighted by Gasteiger charge is 2.24. The van der Waals surface area contributed by atoms with Crippen LogP contribution in [-0.4, -0.2) is 11.9 Å². The van der Waals surface area contributed by atoms with E-state index in [1.54, 1.807) is 0 Å². The molecule has 1 aromatic rings. The zero-order chi connectivity index (χ0) is 13.8. The van der Waals surface area contributed by atoms with Crippen LogP contribution < -0.4 is 11.1 Å². The summed E-state index contributed by atoms with van der Waals surface area (Å²) in [6.07, 6.45) is 4.03. The lowest BCUT2D eigenvalue weighted by atomic mass is 9.80. The molecular formula is C16H24N2O. The molecule has 2 rings (SSSR count). The largest absolute Gasteiger partial charge is 0.382 e. The Morgan fingerprint density at radius 3 is 2.47 bits per heavy atom. The fraction of sp³-hybridized carbons (Fsp3) is 0.562. The van der Waals surface area contributed by atoms with Crippen molar-refractivity contribution >= 4 is 11.6 Å². The van der Waals surface area contributed by atoms with Gasteiger partial charge in [-0.05, 0) is 42.7 Å². The molecule has 2 atom stereocenters. The van der Waals surface area contributed by atoms with E-state index in [4.69, 9.17) is 5.73 Å². The number of nitrogens with two attached hydrogens (primary N) is 1. The van der Waals surface area contributed by atoms with E-state index in [2.05, 4.69) is 19.2 Å². The van der Waals surface area contributed by atoms with Crippen molar-refractivity contribution in [3.63, 3.8) is 0 Å². The van der Waals surface area contributed by atoms with Gasteiger partial charge < -0.3 is 11.1 Å². The SMILES string of the molecule is CC1CC(C)CC(Nc2ccccc2CC(N)=O)C1. The molecule has 0 radical (unpaired) electrons. The maximum Gasteiger partial charge on any atom is 0.221 e. The van der Waals surface area contributed by atoms with Crippen LogP contribution in [0.1, 0.15) is 38.7 Å². The third-order valence-corrected chi connectivity index (χ3v) is 3.92. The molecule has 3 N–H and O–H groups in total. The van der Waals surface area contributed by atoms with Gasteiger partial charge in [0.05, 0.1) is 6.42 Å². The summed E-state index contributed by atoms with van der Waals surface area (Å²) in [7, 11) is 0. The number of rotatable bonds is 4. The van der Waals surface area contributed by atoms with E-state index in [0.717, 1.165) is 23.1 Å². The maximum atomic E-state index is 11.1. The van der Waals surface area contributed by atoms with Gasteiger partial charge in [-0.1, -0.05) is 32.0 Å². The standard InChI is InChI=1S/C16H24N2O/c1-11-7-12(2)9-14(8-11)18-15-6-4-3-5-13(15)10-16(17)19/h3-6,11-12,14,18H,7-10H2,1-2H3,(H2,17,19). The van der Waals surface area contributed by atoms with E-state index in [1.807, 2.05) is 24.3 Å². The number of carbonyl (C=O) groups is 1. The summed E-state index contributed by atoms with van der Waals surface area (Å²) in [5.74, 6) is 1.26. The Hall–Kier alpha value is -1.51. The summed E-state index contributed by atoms with van der Waals surface area (Å²) in [5, 5.41) is 3.61. The highest BCUT2D eigenvalue weighted by Crippen LogP contribution is 2.31. The molecule has 0 saturated heterocycles. The lowest BCUT2D eigenvalue weighted by Crippen LogP contribution is -2.30. The van der Waals surface area contributed by atoms with E-state index in [0.29, 0.717) is 12.5 Å². The van der Waals surface area contributed by atoms with Crippen molar-refractivity contribution in [1.82, 2.24) is 0 Å². The molecule has 1 saturated carbocycles. The van der Waals surface area contributed by atoms with Gasteiger partial charge in [-0.25, -0.2) is 0 Å². The highest BCUT2D eigenvalue weighted by molar-refractivity contribution is 5.78. The van der Waals surface area contributed by atoms with Gasteiger partial charge in [0.25, 0.3) is 0 Å². The molecule has 1 amide bonds. The van der Waals surface area contributed by atoms with Gasteiger partial charge >= 0.3 is 0 Å². The Bertz CT molecular complexity index is 434. The van der Waals surface area contributed by atoms with E-state index >= 15 is 0 Å². The average Bonchev–Trinajstić information content (AvgIpc) is 2.29. The van der Waals surface area contributed by atoms with Gasteiger partial charge in [0.15, 0.2) is 0 Å². The van der Waals surface area contributed by atoms with Crippen LogP contribution in [0.15, 0.2) is 24.3 Å². The predicted molar refractivity (Wildman–Crippen MR) is 78.9 cm³/mol. The molecule has 0 bridgehead atoms. The molecule has 19 heavy (non-hydrogen) atoms. The molecule has 1 fully saturated rings. The normalized spacial score (nSPS) is 26.9. The van der Waals surface area contributed by atoms with Crippen LogP contribution in [0.3, 0.4) is 0 Å². The Morgan fingerprint density at radius 2 is 1.84 bits per heavy atom. The Balaban J connectivity index is 2.07. The molecular weight excluding hydrogens is 236 g/mol. The first-order valence-corrected chi connectivity index (χ1v) is 7.17. The minimum absolute atomic E-state index is 0.278. The molecule has 0 aliphatic heterocycles. The second-order valence-corrected chi connectivity index (χ2v) is 6.06. The second-order valence-electron chi connectivity index (χ2n) is 6.06. The summed E-state index contributed by atoms with van der Waals surface area (Å²) in [6.45, 7) is 4.64. The topological polar surface area (TPSA) is 55.1 Å². The van der Waals surface area contributed by atoms with Crippen LogP contribution in [0.25, 0.3) is 0 Å². The molecule has 1 aliphatic rings. The molecule has 2 unspecified atom stereocenters. The van der Waals surface area contributed by atoms with E-state index in [9.17, 15) is 4.79 Å². The number of carbonyl (C=O) groups excluding carboxylic acids is 1. The van der Waals surface area contributed by atoms with Crippen molar-refractivity contribution in [2.24, 2.45) is 17.6 Å². The number of para-hydroxylation sites is 1. The molecule has 3 nitrogen and oxygen atoms in total. The van der Waals surface area contributed by atoms with Gasteiger partial charge in [0.1, 0.15) is 0 Å². The molecule has 1 aromatic carbocycles. The minimum Gasteiger partial charge on any atom is -0.382 e.